The molecule has 0 saturated carbocycles. The summed E-state index contributed by atoms with van der Waals surface area (Å²) in [6.07, 6.45) is 3.81. The molecule has 4 heteroatoms. The maximum Gasteiger partial charge on any atom is 0.266 e. The highest BCUT2D eigenvalue weighted by Crippen LogP contribution is 2.33. The summed E-state index contributed by atoms with van der Waals surface area (Å²) in [5.41, 5.74) is 3.46. The molecule has 30 heavy (non-hydrogen) atoms. The highest BCUT2D eigenvalue weighted by Gasteiger charge is 2.32. The van der Waals surface area contributed by atoms with Crippen molar-refractivity contribution in [1.82, 2.24) is 4.90 Å². The first kappa shape index (κ1) is 20.2. The van der Waals surface area contributed by atoms with Crippen LogP contribution in [0.4, 0.5) is 0 Å². The first-order valence-corrected chi connectivity index (χ1v) is 11.0. The first-order valence-electron chi connectivity index (χ1n) is 10.2. The molecular weight excluding hydrogens is 388 g/mol. The van der Waals surface area contributed by atoms with Crippen LogP contribution in [0.2, 0.25) is 0 Å². The van der Waals surface area contributed by atoms with Crippen molar-refractivity contribution < 1.29 is 4.79 Å². The summed E-state index contributed by atoms with van der Waals surface area (Å²) in [5.74, 6) is 0.0451. The molecule has 0 aliphatic carbocycles. The predicted octanol–water partition coefficient (Wildman–Crippen LogP) is 5.79. The van der Waals surface area contributed by atoms with E-state index in [0.717, 1.165) is 34.0 Å². The summed E-state index contributed by atoms with van der Waals surface area (Å²) in [4.78, 5) is 20.5. The SMILES string of the molecule is O=C1/C(=C/c2ccccc2)SC(=NCc2ccccc2)N1CCCc1ccccc1. The van der Waals surface area contributed by atoms with Crippen LogP contribution < -0.4 is 0 Å². The third-order valence-electron chi connectivity index (χ3n) is 4.92. The molecule has 0 aromatic heterocycles. The van der Waals surface area contributed by atoms with Crippen molar-refractivity contribution in [2.24, 2.45) is 4.99 Å². The average Bonchev–Trinajstić information content (AvgIpc) is 3.09. The second kappa shape index (κ2) is 10.1. The van der Waals surface area contributed by atoms with Gasteiger partial charge in [-0.1, -0.05) is 91.0 Å². The fraction of sp³-hybridized carbons (Fsp3) is 0.154. The fourth-order valence-electron chi connectivity index (χ4n) is 3.35. The minimum atomic E-state index is 0.0451. The van der Waals surface area contributed by atoms with E-state index < -0.39 is 0 Å². The van der Waals surface area contributed by atoms with E-state index in [1.165, 1.54) is 17.3 Å². The van der Waals surface area contributed by atoms with Gasteiger partial charge in [0.1, 0.15) is 0 Å². The number of aliphatic imine (C=N–C) groups is 1. The second-order valence-corrected chi connectivity index (χ2v) is 8.16. The van der Waals surface area contributed by atoms with Crippen molar-refractivity contribution in [2.45, 2.75) is 19.4 Å². The van der Waals surface area contributed by atoms with E-state index in [0.29, 0.717) is 13.1 Å². The average molecular weight is 413 g/mol. The smallest absolute Gasteiger partial charge is 0.266 e. The Kier molecular flexibility index (Phi) is 6.78. The number of amidine groups is 1. The van der Waals surface area contributed by atoms with Crippen LogP contribution in [-0.4, -0.2) is 22.5 Å². The number of aryl methyl sites for hydroxylation is 1. The molecule has 1 saturated heterocycles. The zero-order chi connectivity index (χ0) is 20.6. The van der Waals surface area contributed by atoms with Crippen molar-refractivity contribution in [3.8, 4) is 0 Å². The first-order chi connectivity index (χ1) is 14.8. The molecular formula is C26H24N2OS. The minimum absolute atomic E-state index is 0.0451. The van der Waals surface area contributed by atoms with E-state index in [9.17, 15) is 4.79 Å². The molecule has 1 heterocycles. The molecule has 0 atom stereocenters. The van der Waals surface area contributed by atoms with Crippen LogP contribution in [0.15, 0.2) is 101 Å². The van der Waals surface area contributed by atoms with Gasteiger partial charge in [0.05, 0.1) is 11.4 Å². The van der Waals surface area contributed by atoms with Crippen LogP contribution in [-0.2, 0) is 17.8 Å². The lowest BCUT2D eigenvalue weighted by molar-refractivity contribution is -0.122. The predicted molar refractivity (Wildman–Crippen MR) is 126 cm³/mol. The lowest BCUT2D eigenvalue weighted by atomic mass is 10.1. The standard InChI is InChI=1S/C26H24N2OS/c29-25-24(19-22-13-6-2-7-14-22)30-26(27-20-23-15-8-3-9-16-23)28(25)18-10-17-21-11-4-1-5-12-21/h1-9,11-16,19H,10,17-18,20H2/b24-19-,27-26?. The monoisotopic (exact) mass is 412 g/mol. The summed E-state index contributed by atoms with van der Waals surface area (Å²) in [5, 5.41) is 0.791. The van der Waals surface area contributed by atoms with Crippen LogP contribution in [0.5, 0.6) is 0 Å². The van der Waals surface area contributed by atoms with E-state index in [4.69, 9.17) is 4.99 Å². The number of amides is 1. The number of rotatable bonds is 7. The van der Waals surface area contributed by atoms with Crippen molar-refractivity contribution in [3.05, 3.63) is 113 Å². The molecule has 1 aliphatic heterocycles. The molecule has 1 amide bonds. The fourth-order valence-corrected chi connectivity index (χ4v) is 4.35. The molecule has 3 nitrogen and oxygen atoms in total. The van der Waals surface area contributed by atoms with Gasteiger partial charge in [0.2, 0.25) is 0 Å². The molecule has 0 unspecified atom stereocenters. The van der Waals surface area contributed by atoms with Crippen molar-refractivity contribution in [2.75, 3.05) is 6.54 Å². The molecule has 3 aromatic carbocycles. The number of thioether (sulfide) groups is 1. The molecule has 1 aliphatic rings. The Morgan fingerprint density at radius 3 is 2.07 bits per heavy atom. The molecule has 4 rings (SSSR count). The largest absolute Gasteiger partial charge is 0.287 e. The zero-order valence-corrected chi connectivity index (χ0v) is 17.6. The molecule has 0 bridgehead atoms. The van der Waals surface area contributed by atoms with Crippen LogP contribution in [0.3, 0.4) is 0 Å². The number of nitrogens with zero attached hydrogens (tertiary/aromatic N) is 2. The highest BCUT2D eigenvalue weighted by molar-refractivity contribution is 8.18. The summed E-state index contributed by atoms with van der Waals surface area (Å²) in [6, 6.07) is 30.5. The van der Waals surface area contributed by atoms with Crippen molar-refractivity contribution in [1.29, 1.82) is 0 Å². The van der Waals surface area contributed by atoms with Gasteiger partial charge in [-0.05, 0) is 47.4 Å². The van der Waals surface area contributed by atoms with E-state index in [-0.39, 0.29) is 5.91 Å². The van der Waals surface area contributed by atoms with Crippen molar-refractivity contribution in [3.63, 3.8) is 0 Å². The second-order valence-electron chi connectivity index (χ2n) is 7.15. The van der Waals surface area contributed by atoms with E-state index in [1.807, 2.05) is 65.6 Å². The van der Waals surface area contributed by atoms with Gasteiger partial charge in [-0.25, -0.2) is 0 Å². The van der Waals surface area contributed by atoms with Gasteiger partial charge in [0.25, 0.3) is 5.91 Å². The molecule has 0 radical (unpaired) electrons. The summed E-state index contributed by atoms with van der Waals surface area (Å²) in [6.45, 7) is 1.24. The lowest BCUT2D eigenvalue weighted by Crippen LogP contribution is -2.30. The summed E-state index contributed by atoms with van der Waals surface area (Å²) < 4.78 is 0. The third kappa shape index (κ3) is 5.28. The quantitative estimate of drug-likeness (QED) is 0.460. The van der Waals surface area contributed by atoms with Gasteiger partial charge < -0.3 is 0 Å². The van der Waals surface area contributed by atoms with Crippen LogP contribution >= 0.6 is 11.8 Å². The molecule has 3 aromatic rings. The topological polar surface area (TPSA) is 32.7 Å². The van der Waals surface area contributed by atoms with Gasteiger partial charge in [-0.3, -0.25) is 14.7 Å². The van der Waals surface area contributed by atoms with Crippen molar-refractivity contribution >= 4 is 28.9 Å². The lowest BCUT2D eigenvalue weighted by Gasteiger charge is -2.15. The van der Waals surface area contributed by atoms with Gasteiger partial charge in [-0.15, -0.1) is 0 Å². The Hall–Kier alpha value is -3.11. The van der Waals surface area contributed by atoms with Crippen LogP contribution in [0.1, 0.15) is 23.1 Å². The Bertz CT molecular complexity index is 1030. The molecule has 1 fully saturated rings. The Morgan fingerprint density at radius 2 is 1.40 bits per heavy atom. The molecule has 150 valence electrons. The van der Waals surface area contributed by atoms with Gasteiger partial charge in [-0.2, -0.15) is 0 Å². The van der Waals surface area contributed by atoms with Gasteiger partial charge in [0.15, 0.2) is 5.17 Å². The Morgan fingerprint density at radius 1 is 0.800 bits per heavy atom. The summed E-state index contributed by atoms with van der Waals surface area (Å²) >= 11 is 1.47. The van der Waals surface area contributed by atoms with E-state index in [2.05, 4.69) is 36.4 Å². The minimum Gasteiger partial charge on any atom is -0.287 e. The number of carbonyl (C=O) groups is 1. The Balaban J connectivity index is 1.51. The molecule has 0 N–H and O–H groups in total. The zero-order valence-electron chi connectivity index (χ0n) is 16.8. The number of carbonyl (C=O) groups excluding carboxylic acids is 1. The maximum atomic E-state index is 13.1. The number of hydrogen-bond acceptors (Lipinski definition) is 3. The van der Waals surface area contributed by atoms with E-state index >= 15 is 0 Å². The molecule has 0 spiro atoms. The van der Waals surface area contributed by atoms with Gasteiger partial charge in [0, 0.05) is 6.54 Å². The van der Waals surface area contributed by atoms with Gasteiger partial charge >= 0.3 is 0 Å². The highest BCUT2D eigenvalue weighted by atomic mass is 32.2. The van der Waals surface area contributed by atoms with E-state index in [1.54, 1.807) is 0 Å². The van der Waals surface area contributed by atoms with Crippen LogP contribution in [0.25, 0.3) is 6.08 Å². The summed E-state index contributed by atoms with van der Waals surface area (Å²) in [7, 11) is 0. The number of hydrogen-bond donors (Lipinski definition) is 0. The normalized spacial score (nSPS) is 16.5. The number of benzene rings is 3. The maximum absolute atomic E-state index is 13.1. The Labute approximate surface area is 182 Å². The third-order valence-corrected chi connectivity index (χ3v) is 5.96. The van der Waals surface area contributed by atoms with Crippen LogP contribution in [0, 0.1) is 0 Å².